The van der Waals surface area contributed by atoms with Crippen LogP contribution in [-0.4, -0.2) is 0 Å². The van der Waals surface area contributed by atoms with Crippen molar-refractivity contribution in [3.05, 3.63) is 52.2 Å². The van der Waals surface area contributed by atoms with Gasteiger partial charge in [-0.05, 0) is 0 Å². The van der Waals surface area contributed by atoms with E-state index < -0.39 is 0 Å². The number of aromatic nitrogens is 1. The first kappa shape index (κ1) is 7.50. The number of rotatable bonds is 0. The molecule has 0 saturated heterocycles. The molecule has 0 N–H and O–H groups in total. The third kappa shape index (κ3) is 1.09. The van der Waals surface area contributed by atoms with Crippen LogP contribution in [0.3, 0.4) is 0 Å². The molecule has 1 aliphatic heterocycles. The minimum atomic E-state index is 0.0194. The van der Waals surface area contributed by atoms with Crippen LogP contribution in [-0.2, 0) is 0 Å². The van der Waals surface area contributed by atoms with Crippen molar-refractivity contribution in [2.24, 2.45) is 0 Å². The standard InChI is InChI=1S/C11H8IN/c1-2-6-10-9(5-1)11-7-3-4-8-13(11)12-10/h1-8H. The van der Waals surface area contributed by atoms with Crippen LogP contribution in [0.1, 0.15) is 0 Å². The molecule has 0 saturated carbocycles. The molecule has 0 aliphatic carbocycles. The van der Waals surface area contributed by atoms with Crippen molar-refractivity contribution < 1.29 is 24.3 Å². The summed E-state index contributed by atoms with van der Waals surface area (Å²) in [5.41, 5.74) is 2.81. The predicted octanol–water partition coefficient (Wildman–Crippen LogP) is -1.32. The molecule has 64 valence electrons. The molecule has 13 heavy (non-hydrogen) atoms. The molecular weight excluding hydrogens is 273 g/mol. The molecule has 0 bridgehead atoms. The Morgan fingerprint density at radius 3 is 2.77 bits per heavy atom. The summed E-state index contributed by atoms with van der Waals surface area (Å²) in [7, 11) is 0. The summed E-state index contributed by atoms with van der Waals surface area (Å²) in [5, 5.41) is 0. The zero-order valence-corrected chi connectivity index (χ0v) is 9.10. The molecule has 2 aromatic rings. The van der Waals surface area contributed by atoms with E-state index in [2.05, 4.69) is 51.4 Å². The van der Waals surface area contributed by atoms with Crippen LogP contribution in [0.25, 0.3) is 11.3 Å². The molecule has 3 rings (SSSR count). The fourth-order valence-electron chi connectivity index (χ4n) is 1.54. The second-order valence-corrected chi connectivity index (χ2v) is 5.65. The van der Waals surface area contributed by atoms with Crippen molar-refractivity contribution in [3.63, 3.8) is 0 Å². The summed E-state index contributed by atoms with van der Waals surface area (Å²) in [4.78, 5) is 0. The fourth-order valence-corrected chi connectivity index (χ4v) is 4.21. The van der Waals surface area contributed by atoms with Crippen molar-refractivity contribution in [2.45, 2.75) is 0 Å². The van der Waals surface area contributed by atoms with E-state index in [-0.39, 0.29) is 21.5 Å². The molecule has 2 heterocycles. The first-order valence-corrected chi connectivity index (χ1v) is 6.25. The molecule has 0 amide bonds. The first-order valence-electron chi connectivity index (χ1n) is 4.21. The average Bonchev–Trinajstić information content (AvgIpc) is 2.56. The summed E-state index contributed by atoms with van der Waals surface area (Å²) in [6.07, 6.45) is 2.18. The van der Waals surface area contributed by atoms with Gasteiger partial charge in [-0.25, -0.2) is 0 Å². The predicted molar refractivity (Wildman–Crippen MR) is 46.2 cm³/mol. The summed E-state index contributed by atoms with van der Waals surface area (Å²) in [6.45, 7) is 0. The number of benzene rings is 1. The number of nitrogens with zero attached hydrogens (tertiary/aromatic N) is 1. The van der Waals surface area contributed by atoms with E-state index in [1.807, 2.05) is 0 Å². The van der Waals surface area contributed by atoms with Crippen LogP contribution in [0.4, 0.5) is 0 Å². The maximum absolute atomic E-state index is 2.39. The van der Waals surface area contributed by atoms with Crippen LogP contribution in [0, 0.1) is 3.57 Å². The summed E-state index contributed by atoms with van der Waals surface area (Å²) in [6, 6.07) is 15.1. The van der Waals surface area contributed by atoms with Crippen LogP contribution in [0.5, 0.6) is 0 Å². The van der Waals surface area contributed by atoms with E-state index in [1.165, 1.54) is 14.8 Å². The Morgan fingerprint density at radius 1 is 0.923 bits per heavy atom. The summed E-state index contributed by atoms with van der Waals surface area (Å²) >= 11 is 0.0194. The first-order chi connectivity index (χ1) is 6.45. The van der Waals surface area contributed by atoms with Crippen LogP contribution >= 0.6 is 0 Å². The quantitative estimate of drug-likeness (QED) is 0.450. The molecule has 2 heteroatoms. The van der Waals surface area contributed by atoms with Gasteiger partial charge in [0.15, 0.2) is 0 Å². The van der Waals surface area contributed by atoms with Crippen LogP contribution < -0.4 is 24.3 Å². The van der Waals surface area contributed by atoms with Gasteiger partial charge in [-0.3, -0.25) is 0 Å². The van der Waals surface area contributed by atoms with Crippen LogP contribution in [0.15, 0.2) is 48.7 Å². The van der Waals surface area contributed by atoms with Gasteiger partial charge in [-0.15, -0.1) is 0 Å². The van der Waals surface area contributed by atoms with Gasteiger partial charge in [0.25, 0.3) is 0 Å². The molecule has 0 atom stereocenters. The Balaban J connectivity index is 2.32. The van der Waals surface area contributed by atoms with Gasteiger partial charge in [0.2, 0.25) is 0 Å². The Bertz CT molecular complexity index is 422. The Morgan fingerprint density at radius 2 is 1.77 bits per heavy atom. The Hall–Kier alpha value is -0.900. The Kier molecular flexibility index (Phi) is 1.62. The van der Waals surface area contributed by atoms with E-state index in [0.29, 0.717) is 0 Å². The zero-order chi connectivity index (χ0) is 8.67. The number of fused-ring (bicyclic) bond motifs is 3. The van der Waals surface area contributed by atoms with Gasteiger partial charge in [0, 0.05) is 0 Å². The van der Waals surface area contributed by atoms with Crippen molar-refractivity contribution in [1.82, 2.24) is 0 Å². The summed E-state index contributed by atoms with van der Waals surface area (Å²) in [5.74, 6) is 0. The molecule has 1 aliphatic rings. The van der Waals surface area contributed by atoms with E-state index in [4.69, 9.17) is 0 Å². The molecule has 0 spiro atoms. The third-order valence-electron chi connectivity index (χ3n) is 2.14. The van der Waals surface area contributed by atoms with E-state index in [9.17, 15) is 0 Å². The Labute approximate surface area is 87.7 Å². The van der Waals surface area contributed by atoms with E-state index in [1.54, 1.807) is 0 Å². The monoisotopic (exact) mass is 281 g/mol. The molecule has 0 fully saturated rings. The van der Waals surface area contributed by atoms with E-state index >= 15 is 0 Å². The van der Waals surface area contributed by atoms with E-state index in [0.717, 1.165) is 0 Å². The van der Waals surface area contributed by atoms with Crippen molar-refractivity contribution >= 4 is 0 Å². The summed E-state index contributed by atoms with van der Waals surface area (Å²) < 4.78 is 3.93. The SMILES string of the molecule is c1ccc2c(c1)[I-][n+]1ccccc1-2. The number of hydrogen-bond donors (Lipinski definition) is 0. The van der Waals surface area contributed by atoms with Crippen molar-refractivity contribution in [3.8, 4) is 11.3 Å². The molecular formula is C11H8IN. The normalized spacial score (nSPS) is 12.9. The van der Waals surface area contributed by atoms with Crippen LogP contribution in [0.2, 0.25) is 0 Å². The van der Waals surface area contributed by atoms with Crippen molar-refractivity contribution in [1.29, 1.82) is 0 Å². The molecule has 0 radical (unpaired) electrons. The molecule has 0 unspecified atom stereocenters. The second kappa shape index (κ2) is 2.80. The number of hydrogen-bond acceptors (Lipinski definition) is 0. The van der Waals surface area contributed by atoms with Crippen molar-refractivity contribution in [2.75, 3.05) is 0 Å². The van der Waals surface area contributed by atoms with Gasteiger partial charge in [-0.2, -0.15) is 0 Å². The molecule has 1 aromatic carbocycles. The second-order valence-electron chi connectivity index (χ2n) is 2.96. The zero-order valence-electron chi connectivity index (χ0n) is 6.94. The molecule has 1 aromatic heterocycles. The fraction of sp³-hybridized carbons (Fsp3) is 0. The number of halogens is 1. The maximum atomic E-state index is 2.39. The third-order valence-corrected chi connectivity index (χ3v) is 4.97. The average molecular weight is 281 g/mol. The van der Waals surface area contributed by atoms with Gasteiger partial charge in [0.1, 0.15) is 0 Å². The van der Waals surface area contributed by atoms with Gasteiger partial charge in [0.05, 0.1) is 0 Å². The van der Waals surface area contributed by atoms with Gasteiger partial charge >= 0.3 is 87.7 Å². The van der Waals surface area contributed by atoms with Gasteiger partial charge in [-0.1, -0.05) is 0 Å². The van der Waals surface area contributed by atoms with Gasteiger partial charge < -0.3 is 0 Å². The minimum absolute atomic E-state index is 0.0194. The molecule has 1 nitrogen and oxygen atoms in total. The number of pyridine rings is 1. The topological polar surface area (TPSA) is 3.88 Å².